The zero-order chi connectivity index (χ0) is 18.2. The summed E-state index contributed by atoms with van der Waals surface area (Å²) in [5, 5.41) is 3.36. The highest BCUT2D eigenvalue weighted by Crippen LogP contribution is 2.46. The number of benzene rings is 1. The van der Waals surface area contributed by atoms with Crippen LogP contribution in [0.1, 0.15) is 40.2 Å². The van der Waals surface area contributed by atoms with Gasteiger partial charge in [0.1, 0.15) is 0 Å². The molecule has 1 aliphatic rings. The fourth-order valence-corrected chi connectivity index (χ4v) is 3.43. The van der Waals surface area contributed by atoms with Crippen LogP contribution in [0.5, 0.6) is 0 Å². The number of aliphatic imine (C=N–C) groups is 1. The first kappa shape index (κ1) is 22.2. The maximum atomic E-state index is 11.5. The molecule has 0 saturated carbocycles. The Morgan fingerprint density at radius 2 is 1.76 bits per heavy atom. The van der Waals surface area contributed by atoms with Crippen molar-refractivity contribution in [2.24, 2.45) is 10.4 Å². The molecule has 1 N–H and O–H groups in total. The average Bonchev–Trinajstić information content (AvgIpc) is 2.49. The first-order chi connectivity index (χ1) is 11.0. The summed E-state index contributed by atoms with van der Waals surface area (Å²) in [4.78, 5) is 7.39. The highest BCUT2D eigenvalue weighted by Gasteiger charge is 2.53. The third-order valence-corrected chi connectivity index (χ3v) is 6.37. The molecule has 142 valence electrons. The van der Waals surface area contributed by atoms with E-state index >= 15 is 0 Å². The number of hydrogen-bond acceptors (Lipinski definition) is 3. The van der Waals surface area contributed by atoms with E-state index in [1.54, 1.807) is 12.1 Å². The zero-order valence-electron chi connectivity index (χ0n) is 16.0. The van der Waals surface area contributed by atoms with Crippen LogP contribution in [0.15, 0.2) is 34.2 Å². The van der Waals surface area contributed by atoms with Crippen molar-refractivity contribution in [3.8, 4) is 0 Å². The molecule has 0 amide bonds. The van der Waals surface area contributed by atoms with Gasteiger partial charge in [-0.1, -0.05) is 26.0 Å². The smallest absolute Gasteiger partial charge is 0.194 e. The van der Waals surface area contributed by atoms with E-state index in [2.05, 4.69) is 44.8 Å². The molecule has 0 aliphatic carbocycles. The first-order valence-corrected chi connectivity index (χ1v) is 10.2. The van der Waals surface area contributed by atoms with E-state index in [0.29, 0.717) is 11.4 Å². The summed E-state index contributed by atoms with van der Waals surface area (Å²) in [6.45, 7) is 13.4. The van der Waals surface area contributed by atoms with E-state index in [9.17, 15) is 8.42 Å². The van der Waals surface area contributed by atoms with Gasteiger partial charge in [-0.3, -0.25) is 0 Å². The molecule has 1 aromatic rings. The molecule has 25 heavy (non-hydrogen) atoms. The molecule has 0 aromatic heterocycles. The Labute approximate surface area is 169 Å². The van der Waals surface area contributed by atoms with E-state index in [0.717, 1.165) is 24.6 Å². The molecule has 1 fully saturated rings. The number of guanidine groups is 1. The molecule has 0 spiro atoms. The van der Waals surface area contributed by atoms with Crippen molar-refractivity contribution >= 4 is 39.8 Å². The predicted molar refractivity (Wildman–Crippen MR) is 114 cm³/mol. The van der Waals surface area contributed by atoms with Gasteiger partial charge in [-0.15, -0.1) is 24.0 Å². The molecule has 1 aliphatic heterocycles. The normalized spacial score (nSPS) is 19.0. The summed E-state index contributed by atoms with van der Waals surface area (Å²) in [5.41, 5.74) is 1.30. The summed E-state index contributed by atoms with van der Waals surface area (Å²) >= 11 is 0. The molecule has 0 atom stereocenters. The lowest BCUT2D eigenvalue weighted by Gasteiger charge is -2.62. The number of sulfone groups is 1. The minimum atomic E-state index is -3.15. The van der Waals surface area contributed by atoms with Crippen LogP contribution in [-0.4, -0.2) is 44.2 Å². The van der Waals surface area contributed by atoms with Crippen LogP contribution in [0.25, 0.3) is 0 Å². The fraction of sp³-hybridized carbons (Fsp3) is 0.611. The predicted octanol–water partition coefficient (Wildman–Crippen LogP) is 3.29. The van der Waals surface area contributed by atoms with Crippen molar-refractivity contribution < 1.29 is 8.42 Å². The summed E-state index contributed by atoms with van der Waals surface area (Å²) in [5.74, 6) is 0.911. The summed E-state index contributed by atoms with van der Waals surface area (Å²) in [6.07, 6.45) is 1.22. The van der Waals surface area contributed by atoms with Crippen molar-refractivity contribution in [3.63, 3.8) is 0 Å². The molecule has 1 saturated heterocycles. The maximum Gasteiger partial charge on any atom is 0.194 e. The lowest BCUT2D eigenvalue weighted by Crippen LogP contribution is -2.72. The summed E-state index contributed by atoms with van der Waals surface area (Å²) in [7, 11) is -3.15. The van der Waals surface area contributed by atoms with Crippen LogP contribution >= 0.6 is 24.0 Å². The molecule has 1 heterocycles. The number of nitrogens with one attached hydrogen (secondary N) is 1. The number of hydrogen-bond donors (Lipinski definition) is 1. The van der Waals surface area contributed by atoms with Gasteiger partial charge in [0.05, 0.1) is 11.4 Å². The van der Waals surface area contributed by atoms with Crippen molar-refractivity contribution in [1.82, 2.24) is 10.2 Å². The van der Waals surface area contributed by atoms with Crippen LogP contribution in [0.2, 0.25) is 0 Å². The SMILES string of the molecule is CCNC(=NCc1ccc(S(C)(=O)=O)cc1)N1CC(C)(C)C1(C)C.I. The number of nitrogens with zero attached hydrogens (tertiary/aromatic N) is 2. The van der Waals surface area contributed by atoms with Gasteiger partial charge in [0.15, 0.2) is 15.8 Å². The van der Waals surface area contributed by atoms with Crippen molar-refractivity contribution in [2.45, 2.75) is 51.6 Å². The summed E-state index contributed by atoms with van der Waals surface area (Å²) < 4.78 is 23.0. The van der Waals surface area contributed by atoms with Gasteiger partial charge in [0, 0.05) is 30.3 Å². The van der Waals surface area contributed by atoms with Gasteiger partial charge in [-0.05, 0) is 38.5 Å². The van der Waals surface area contributed by atoms with Gasteiger partial charge < -0.3 is 10.2 Å². The van der Waals surface area contributed by atoms with Crippen LogP contribution < -0.4 is 5.32 Å². The van der Waals surface area contributed by atoms with E-state index in [1.165, 1.54) is 6.26 Å². The second-order valence-corrected chi connectivity index (χ2v) is 9.63. The Bertz CT molecular complexity index is 725. The molecule has 7 heteroatoms. The van der Waals surface area contributed by atoms with Crippen LogP contribution in [-0.2, 0) is 16.4 Å². The van der Waals surface area contributed by atoms with E-state index in [4.69, 9.17) is 4.99 Å². The number of likely N-dealkylation sites (tertiary alicyclic amines) is 1. The molecular weight excluding hydrogens is 449 g/mol. The largest absolute Gasteiger partial charge is 0.356 e. The average molecular weight is 479 g/mol. The second kappa shape index (κ2) is 7.82. The maximum absolute atomic E-state index is 11.5. The Balaban J connectivity index is 0.00000312. The van der Waals surface area contributed by atoms with Crippen molar-refractivity contribution in [1.29, 1.82) is 0 Å². The second-order valence-electron chi connectivity index (χ2n) is 7.62. The van der Waals surface area contributed by atoms with Crippen LogP contribution in [0, 0.1) is 5.41 Å². The van der Waals surface area contributed by atoms with Crippen molar-refractivity contribution in [3.05, 3.63) is 29.8 Å². The van der Waals surface area contributed by atoms with Crippen molar-refractivity contribution in [2.75, 3.05) is 19.3 Å². The highest BCUT2D eigenvalue weighted by atomic mass is 127. The van der Waals surface area contributed by atoms with Gasteiger partial charge in [-0.25, -0.2) is 13.4 Å². The standard InChI is InChI=1S/C18H29N3O2S.HI/c1-7-19-16(21-13-17(2,3)18(21,4)5)20-12-14-8-10-15(11-9-14)24(6,22)23;/h8-11H,7,12-13H2,1-6H3,(H,19,20);1H. The molecule has 0 bridgehead atoms. The lowest BCUT2D eigenvalue weighted by molar-refractivity contribution is -0.0667. The zero-order valence-corrected chi connectivity index (χ0v) is 19.1. The molecule has 2 rings (SSSR count). The van der Waals surface area contributed by atoms with Crippen LogP contribution in [0.3, 0.4) is 0 Å². The van der Waals surface area contributed by atoms with Crippen LogP contribution in [0.4, 0.5) is 0 Å². The molecule has 0 radical (unpaired) electrons. The highest BCUT2D eigenvalue weighted by molar-refractivity contribution is 14.0. The van der Waals surface area contributed by atoms with Gasteiger partial charge in [0.2, 0.25) is 0 Å². The van der Waals surface area contributed by atoms with Gasteiger partial charge in [-0.2, -0.15) is 0 Å². The van der Waals surface area contributed by atoms with E-state index in [-0.39, 0.29) is 34.9 Å². The molecule has 1 aromatic carbocycles. The third-order valence-electron chi connectivity index (χ3n) is 5.24. The Morgan fingerprint density at radius 3 is 2.16 bits per heavy atom. The monoisotopic (exact) mass is 479 g/mol. The quantitative estimate of drug-likeness (QED) is 0.409. The Kier molecular flexibility index (Phi) is 6.94. The fourth-order valence-electron chi connectivity index (χ4n) is 2.80. The van der Waals surface area contributed by atoms with E-state index in [1.807, 2.05) is 12.1 Å². The lowest BCUT2D eigenvalue weighted by atomic mass is 9.65. The topological polar surface area (TPSA) is 61.8 Å². The molecule has 5 nitrogen and oxygen atoms in total. The summed E-state index contributed by atoms with van der Waals surface area (Å²) in [6, 6.07) is 6.94. The Hall–Kier alpha value is -0.830. The first-order valence-electron chi connectivity index (χ1n) is 8.34. The third kappa shape index (κ3) is 4.67. The number of halogens is 1. The minimum absolute atomic E-state index is 0. The Morgan fingerprint density at radius 1 is 1.20 bits per heavy atom. The molecule has 0 unspecified atom stereocenters. The molecular formula is C18H30IN3O2S. The minimum Gasteiger partial charge on any atom is -0.356 e. The van der Waals surface area contributed by atoms with Gasteiger partial charge in [0.25, 0.3) is 0 Å². The van der Waals surface area contributed by atoms with Gasteiger partial charge >= 0.3 is 0 Å². The number of rotatable bonds is 4. The van der Waals surface area contributed by atoms with E-state index < -0.39 is 9.84 Å².